The summed E-state index contributed by atoms with van der Waals surface area (Å²) >= 11 is 0. The zero-order valence-corrected chi connectivity index (χ0v) is 10.5. The van der Waals surface area contributed by atoms with E-state index in [0.29, 0.717) is 5.56 Å². The number of nitrogens with zero attached hydrogens (tertiary/aromatic N) is 2. The van der Waals surface area contributed by atoms with Crippen LogP contribution in [0.15, 0.2) is 30.6 Å². The molecule has 0 bridgehead atoms. The van der Waals surface area contributed by atoms with Crippen LogP contribution in [0, 0.1) is 6.92 Å². The summed E-state index contributed by atoms with van der Waals surface area (Å²) in [5, 5.41) is 21.1. The Labute approximate surface area is 113 Å². The highest BCUT2D eigenvalue weighted by molar-refractivity contribution is 6.08. The van der Waals surface area contributed by atoms with Gasteiger partial charge >= 0.3 is 5.97 Å². The van der Waals surface area contributed by atoms with Gasteiger partial charge in [-0.05, 0) is 18.6 Å². The fourth-order valence-electron chi connectivity index (χ4n) is 1.60. The van der Waals surface area contributed by atoms with Crippen molar-refractivity contribution in [1.29, 1.82) is 0 Å². The molecule has 0 aliphatic heterocycles. The maximum atomic E-state index is 12.0. The molecular formula is C13H11N3O4. The summed E-state index contributed by atoms with van der Waals surface area (Å²) in [6.45, 7) is 1.65. The first kappa shape index (κ1) is 13.5. The number of nitrogens with one attached hydrogen (secondary N) is 1. The molecule has 0 atom stereocenters. The smallest absolute Gasteiger partial charge is 0.358 e. The Bertz CT molecular complexity index is 685. The van der Waals surface area contributed by atoms with Gasteiger partial charge in [0, 0.05) is 12.4 Å². The Morgan fingerprint density at radius 3 is 2.60 bits per heavy atom. The summed E-state index contributed by atoms with van der Waals surface area (Å²) in [4.78, 5) is 30.4. The number of rotatable bonds is 3. The van der Waals surface area contributed by atoms with Crippen molar-refractivity contribution in [2.75, 3.05) is 5.32 Å². The SMILES string of the molecule is Cc1cccc(C(=O)Nc2nccnc2C(=O)O)c1O. The van der Waals surface area contributed by atoms with E-state index in [1.54, 1.807) is 19.1 Å². The predicted octanol–water partition coefficient (Wildman–Crippen LogP) is 1.44. The second kappa shape index (κ2) is 5.35. The van der Waals surface area contributed by atoms with E-state index in [0.717, 1.165) is 0 Å². The molecule has 7 heteroatoms. The van der Waals surface area contributed by atoms with Gasteiger partial charge in [0.25, 0.3) is 5.91 Å². The molecule has 0 aliphatic carbocycles. The number of aromatic carboxylic acids is 1. The molecule has 0 aliphatic rings. The molecule has 0 saturated heterocycles. The number of hydrogen-bond acceptors (Lipinski definition) is 5. The largest absolute Gasteiger partial charge is 0.507 e. The van der Waals surface area contributed by atoms with Crippen LogP contribution >= 0.6 is 0 Å². The first-order valence-corrected chi connectivity index (χ1v) is 5.65. The number of para-hydroxylation sites is 1. The quantitative estimate of drug-likeness (QED) is 0.780. The lowest BCUT2D eigenvalue weighted by molar-refractivity contribution is 0.0691. The van der Waals surface area contributed by atoms with Crippen molar-refractivity contribution in [3.05, 3.63) is 47.4 Å². The van der Waals surface area contributed by atoms with Gasteiger partial charge in [-0.3, -0.25) is 4.79 Å². The maximum Gasteiger partial charge on any atom is 0.358 e. The lowest BCUT2D eigenvalue weighted by Crippen LogP contribution is -2.17. The van der Waals surface area contributed by atoms with Gasteiger partial charge < -0.3 is 15.5 Å². The molecular weight excluding hydrogens is 262 g/mol. The topological polar surface area (TPSA) is 112 Å². The van der Waals surface area contributed by atoms with E-state index >= 15 is 0 Å². The molecule has 2 aromatic rings. The van der Waals surface area contributed by atoms with Gasteiger partial charge in [0.15, 0.2) is 11.5 Å². The van der Waals surface area contributed by atoms with Crippen molar-refractivity contribution < 1.29 is 19.8 Å². The molecule has 2 rings (SSSR count). The monoisotopic (exact) mass is 273 g/mol. The van der Waals surface area contributed by atoms with Crippen LogP contribution in [0.1, 0.15) is 26.4 Å². The molecule has 102 valence electrons. The van der Waals surface area contributed by atoms with Gasteiger partial charge in [-0.1, -0.05) is 12.1 Å². The molecule has 0 saturated carbocycles. The number of aromatic nitrogens is 2. The van der Waals surface area contributed by atoms with Crippen LogP contribution in [0.5, 0.6) is 5.75 Å². The van der Waals surface area contributed by atoms with Crippen LogP contribution < -0.4 is 5.32 Å². The Kier molecular flexibility index (Phi) is 3.60. The number of phenols is 1. The third-order valence-electron chi connectivity index (χ3n) is 2.62. The first-order chi connectivity index (χ1) is 9.50. The molecule has 20 heavy (non-hydrogen) atoms. The standard InChI is InChI=1S/C13H11N3O4/c1-7-3-2-4-8(10(7)17)12(18)16-11-9(13(19)20)14-5-6-15-11/h2-6,17H,1H3,(H,19,20)(H,15,16,18). The van der Waals surface area contributed by atoms with Crippen molar-refractivity contribution in [2.24, 2.45) is 0 Å². The van der Waals surface area contributed by atoms with E-state index in [1.807, 2.05) is 0 Å². The van der Waals surface area contributed by atoms with E-state index in [-0.39, 0.29) is 22.8 Å². The number of aryl methyl sites for hydroxylation is 1. The van der Waals surface area contributed by atoms with E-state index in [9.17, 15) is 14.7 Å². The van der Waals surface area contributed by atoms with Crippen LogP contribution in [0.25, 0.3) is 0 Å². The number of phenolic OH excluding ortho intramolecular Hbond substituents is 1. The van der Waals surface area contributed by atoms with Crippen LogP contribution in [0.3, 0.4) is 0 Å². The van der Waals surface area contributed by atoms with Crippen LogP contribution in [-0.2, 0) is 0 Å². The van der Waals surface area contributed by atoms with E-state index in [1.165, 1.54) is 18.5 Å². The third-order valence-corrected chi connectivity index (χ3v) is 2.62. The summed E-state index contributed by atoms with van der Waals surface area (Å²) in [6, 6.07) is 4.68. The van der Waals surface area contributed by atoms with Gasteiger partial charge in [0.1, 0.15) is 5.75 Å². The molecule has 0 spiro atoms. The molecule has 1 aromatic heterocycles. The van der Waals surface area contributed by atoms with Crippen molar-refractivity contribution in [3.8, 4) is 5.75 Å². The summed E-state index contributed by atoms with van der Waals surface area (Å²) in [6.07, 6.45) is 2.47. The van der Waals surface area contributed by atoms with Crippen molar-refractivity contribution in [1.82, 2.24) is 9.97 Å². The number of amides is 1. The summed E-state index contributed by atoms with van der Waals surface area (Å²) in [7, 11) is 0. The van der Waals surface area contributed by atoms with E-state index < -0.39 is 11.9 Å². The Morgan fingerprint density at radius 2 is 1.90 bits per heavy atom. The Hall–Kier alpha value is -2.96. The fourth-order valence-corrected chi connectivity index (χ4v) is 1.60. The highest BCUT2D eigenvalue weighted by Crippen LogP contribution is 2.22. The van der Waals surface area contributed by atoms with Crippen molar-refractivity contribution >= 4 is 17.7 Å². The van der Waals surface area contributed by atoms with Gasteiger partial charge in [0.05, 0.1) is 5.56 Å². The Morgan fingerprint density at radius 1 is 1.20 bits per heavy atom. The van der Waals surface area contributed by atoms with E-state index in [2.05, 4.69) is 15.3 Å². The Balaban J connectivity index is 2.33. The molecule has 7 nitrogen and oxygen atoms in total. The number of carboxylic acids is 1. The van der Waals surface area contributed by atoms with Gasteiger partial charge in [-0.15, -0.1) is 0 Å². The second-order valence-corrected chi connectivity index (χ2v) is 3.98. The van der Waals surface area contributed by atoms with Crippen LogP contribution in [-0.4, -0.2) is 32.1 Å². The lowest BCUT2D eigenvalue weighted by Gasteiger charge is -2.08. The van der Waals surface area contributed by atoms with Gasteiger partial charge in [0.2, 0.25) is 0 Å². The average molecular weight is 273 g/mol. The number of benzene rings is 1. The number of hydrogen-bond donors (Lipinski definition) is 3. The van der Waals surface area contributed by atoms with Crippen LogP contribution in [0.2, 0.25) is 0 Å². The number of carbonyl (C=O) groups is 2. The summed E-state index contributed by atoms with van der Waals surface area (Å²) in [5.74, 6) is -2.30. The molecule has 3 N–H and O–H groups in total. The first-order valence-electron chi connectivity index (χ1n) is 5.65. The number of anilines is 1. The molecule has 1 amide bonds. The molecule has 1 aromatic carbocycles. The van der Waals surface area contributed by atoms with Gasteiger partial charge in [-0.25, -0.2) is 14.8 Å². The number of aromatic hydroxyl groups is 1. The second-order valence-electron chi connectivity index (χ2n) is 3.98. The molecule has 1 heterocycles. The number of carbonyl (C=O) groups excluding carboxylic acids is 1. The average Bonchev–Trinajstić information content (AvgIpc) is 2.42. The minimum Gasteiger partial charge on any atom is -0.507 e. The molecule has 0 fully saturated rings. The highest BCUT2D eigenvalue weighted by atomic mass is 16.4. The van der Waals surface area contributed by atoms with Crippen LogP contribution in [0.4, 0.5) is 5.82 Å². The highest BCUT2D eigenvalue weighted by Gasteiger charge is 2.18. The predicted molar refractivity (Wildman–Crippen MR) is 69.8 cm³/mol. The molecule has 0 radical (unpaired) electrons. The zero-order valence-electron chi connectivity index (χ0n) is 10.5. The fraction of sp³-hybridized carbons (Fsp3) is 0.0769. The maximum absolute atomic E-state index is 12.0. The summed E-state index contributed by atoms with van der Waals surface area (Å²) < 4.78 is 0. The molecule has 0 unspecified atom stereocenters. The normalized spacial score (nSPS) is 10.1. The van der Waals surface area contributed by atoms with Crippen molar-refractivity contribution in [3.63, 3.8) is 0 Å². The summed E-state index contributed by atoms with van der Waals surface area (Å²) in [5.41, 5.74) is 0.204. The third kappa shape index (κ3) is 2.56. The van der Waals surface area contributed by atoms with Gasteiger partial charge in [-0.2, -0.15) is 0 Å². The lowest BCUT2D eigenvalue weighted by atomic mass is 10.1. The zero-order chi connectivity index (χ0) is 14.7. The minimum atomic E-state index is -1.30. The van der Waals surface area contributed by atoms with Crippen molar-refractivity contribution in [2.45, 2.75) is 6.92 Å². The minimum absolute atomic E-state index is 0.0343. The number of carboxylic acid groups (broad SMARTS) is 1. The van der Waals surface area contributed by atoms with E-state index in [4.69, 9.17) is 5.11 Å².